The normalized spacial score (nSPS) is 15.3. The SMILES string of the molecule is CC(=O)c1cccc(NC(=O)N2CCCC2C(=O)Nc2ccc(-c3ccccc3S(N)(=O)=O)c(F)c2)c1. The Morgan fingerprint density at radius 3 is 2.38 bits per heavy atom. The molecular formula is C26H25FN4O5S. The first kappa shape index (κ1) is 26.0. The Morgan fingerprint density at radius 2 is 1.68 bits per heavy atom. The molecule has 1 unspecified atom stereocenters. The van der Waals surface area contributed by atoms with Gasteiger partial charge in [-0.2, -0.15) is 0 Å². The summed E-state index contributed by atoms with van der Waals surface area (Å²) < 4.78 is 38.8. The highest BCUT2D eigenvalue weighted by atomic mass is 32.2. The summed E-state index contributed by atoms with van der Waals surface area (Å²) in [6.45, 7) is 1.78. The van der Waals surface area contributed by atoms with Crippen molar-refractivity contribution in [1.29, 1.82) is 0 Å². The van der Waals surface area contributed by atoms with Crippen molar-refractivity contribution >= 4 is 39.1 Å². The van der Waals surface area contributed by atoms with E-state index >= 15 is 0 Å². The average Bonchev–Trinajstić information content (AvgIpc) is 3.34. The predicted molar refractivity (Wildman–Crippen MR) is 137 cm³/mol. The van der Waals surface area contributed by atoms with E-state index in [0.717, 1.165) is 6.07 Å². The van der Waals surface area contributed by atoms with E-state index in [4.69, 9.17) is 5.14 Å². The third kappa shape index (κ3) is 5.84. The molecule has 0 bridgehead atoms. The average molecular weight is 525 g/mol. The van der Waals surface area contributed by atoms with Crippen LogP contribution in [-0.2, 0) is 14.8 Å². The van der Waals surface area contributed by atoms with Crippen molar-refractivity contribution < 1.29 is 27.2 Å². The van der Waals surface area contributed by atoms with Crippen LogP contribution in [0.5, 0.6) is 0 Å². The number of halogens is 1. The van der Waals surface area contributed by atoms with Crippen LogP contribution in [0, 0.1) is 5.82 Å². The highest BCUT2D eigenvalue weighted by Crippen LogP contribution is 2.30. The molecule has 37 heavy (non-hydrogen) atoms. The summed E-state index contributed by atoms with van der Waals surface area (Å²) in [5, 5.41) is 10.6. The lowest BCUT2D eigenvalue weighted by Gasteiger charge is -2.24. The number of nitrogens with one attached hydrogen (secondary N) is 2. The summed E-state index contributed by atoms with van der Waals surface area (Å²) in [5.74, 6) is -1.37. The number of carbonyl (C=O) groups is 3. The third-order valence-electron chi connectivity index (χ3n) is 6.06. The second-order valence-corrected chi connectivity index (χ2v) is 10.2. The van der Waals surface area contributed by atoms with E-state index in [-0.39, 0.29) is 27.5 Å². The summed E-state index contributed by atoms with van der Waals surface area (Å²) in [5.41, 5.74) is 1.15. The van der Waals surface area contributed by atoms with Gasteiger partial charge in [0.15, 0.2) is 5.78 Å². The lowest BCUT2D eigenvalue weighted by molar-refractivity contribution is -0.119. The molecule has 9 nitrogen and oxygen atoms in total. The van der Waals surface area contributed by atoms with Gasteiger partial charge in [-0.3, -0.25) is 9.59 Å². The van der Waals surface area contributed by atoms with Crippen molar-refractivity contribution in [2.45, 2.75) is 30.7 Å². The number of primary sulfonamides is 1. The summed E-state index contributed by atoms with van der Waals surface area (Å²) >= 11 is 0. The van der Waals surface area contributed by atoms with E-state index in [1.807, 2.05) is 0 Å². The first-order valence-electron chi connectivity index (χ1n) is 11.5. The minimum Gasteiger partial charge on any atom is -0.324 e. The fraction of sp³-hybridized carbons (Fsp3) is 0.192. The van der Waals surface area contributed by atoms with Gasteiger partial charge in [0.1, 0.15) is 11.9 Å². The van der Waals surface area contributed by atoms with Gasteiger partial charge in [-0.1, -0.05) is 30.3 Å². The van der Waals surface area contributed by atoms with E-state index in [1.165, 1.54) is 42.2 Å². The number of anilines is 2. The molecule has 0 saturated carbocycles. The molecule has 1 saturated heterocycles. The Morgan fingerprint density at radius 1 is 0.946 bits per heavy atom. The molecule has 1 fully saturated rings. The molecule has 1 heterocycles. The molecule has 1 aliphatic heterocycles. The maximum Gasteiger partial charge on any atom is 0.322 e. The first-order valence-corrected chi connectivity index (χ1v) is 13.0. The molecule has 4 rings (SSSR count). The molecule has 1 atom stereocenters. The number of likely N-dealkylation sites (tertiary alicyclic amines) is 1. The number of hydrogen-bond donors (Lipinski definition) is 3. The topological polar surface area (TPSA) is 139 Å². The summed E-state index contributed by atoms with van der Waals surface area (Å²) in [7, 11) is -4.08. The first-order chi connectivity index (χ1) is 17.5. The highest BCUT2D eigenvalue weighted by Gasteiger charge is 2.34. The van der Waals surface area contributed by atoms with Crippen molar-refractivity contribution in [3.05, 3.63) is 78.1 Å². The molecule has 0 aliphatic carbocycles. The van der Waals surface area contributed by atoms with Crippen LogP contribution in [0.2, 0.25) is 0 Å². The second kappa shape index (κ2) is 10.5. The minimum atomic E-state index is -4.08. The molecule has 1 aliphatic rings. The van der Waals surface area contributed by atoms with Crippen molar-refractivity contribution in [1.82, 2.24) is 4.90 Å². The molecule has 3 amide bonds. The maximum atomic E-state index is 15.0. The van der Waals surface area contributed by atoms with Gasteiger partial charge in [0.25, 0.3) is 0 Å². The smallest absolute Gasteiger partial charge is 0.322 e. The quantitative estimate of drug-likeness (QED) is 0.419. The molecule has 3 aromatic rings. The van der Waals surface area contributed by atoms with E-state index in [0.29, 0.717) is 30.6 Å². The highest BCUT2D eigenvalue weighted by molar-refractivity contribution is 7.89. The van der Waals surface area contributed by atoms with Gasteiger partial charge in [0, 0.05) is 34.6 Å². The zero-order chi connectivity index (χ0) is 26.7. The Balaban J connectivity index is 1.48. The number of amides is 3. The summed E-state index contributed by atoms with van der Waals surface area (Å²) in [6, 6.07) is 14.9. The molecule has 11 heteroatoms. The fourth-order valence-corrected chi connectivity index (χ4v) is 5.02. The number of urea groups is 1. The Labute approximate surface area is 213 Å². The summed E-state index contributed by atoms with van der Waals surface area (Å²) in [6.07, 6.45) is 1.03. The van der Waals surface area contributed by atoms with Crippen molar-refractivity contribution in [3.63, 3.8) is 0 Å². The fourth-order valence-electron chi connectivity index (χ4n) is 4.27. The van der Waals surface area contributed by atoms with E-state index < -0.39 is 33.8 Å². The lowest BCUT2D eigenvalue weighted by atomic mass is 10.0. The number of Topliss-reactive ketones (excluding diaryl/α,β-unsaturated/α-hetero) is 1. The zero-order valence-corrected chi connectivity index (χ0v) is 20.7. The number of ketones is 1. The third-order valence-corrected chi connectivity index (χ3v) is 7.03. The van der Waals surface area contributed by atoms with Crippen LogP contribution in [0.1, 0.15) is 30.1 Å². The van der Waals surface area contributed by atoms with Crippen molar-refractivity contribution in [2.24, 2.45) is 5.14 Å². The van der Waals surface area contributed by atoms with Gasteiger partial charge in [0.2, 0.25) is 15.9 Å². The van der Waals surface area contributed by atoms with E-state index in [9.17, 15) is 27.2 Å². The predicted octanol–water partition coefficient (Wildman–Crippen LogP) is 3.98. The number of sulfonamides is 1. The second-order valence-electron chi connectivity index (χ2n) is 8.64. The minimum absolute atomic E-state index is 0.0114. The number of carbonyl (C=O) groups excluding carboxylic acids is 3. The molecule has 3 aromatic carbocycles. The van der Waals surface area contributed by atoms with Crippen LogP contribution >= 0.6 is 0 Å². The van der Waals surface area contributed by atoms with Gasteiger partial charge in [-0.25, -0.2) is 22.7 Å². The Bertz CT molecular complexity index is 1490. The molecular weight excluding hydrogens is 499 g/mol. The van der Waals surface area contributed by atoms with Gasteiger partial charge < -0.3 is 15.5 Å². The van der Waals surface area contributed by atoms with Gasteiger partial charge >= 0.3 is 6.03 Å². The van der Waals surface area contributed by atoms with Crippen LogP contribution in [0.4, 0.5) is 20.6 Å². The van der Waals surface area contributed by atoms with Crippen LogP contribution in [0.25, 0.3) is 11.1 Å². The van der Waals surface area contributed by atoms with Gasteiger partial charge in [-0.05, 0) is 56.2 Å². The molecule has 0 spiro atoms. The van der Waals surface area contributed by atoms with Gasteiger partial charge in [0.05, 0.1) is 4.90 Å². The molecule has 4 N–H and O–H groups in total. The van der Waals surface area contributed by atoms with E-state index in [1.54, 1.807) is 30.3 Å². The molecule has 0 aromatic heterocycles. The van der Waals surface area contributed by atoms with Crippen molar-refractivity contribution in [3.8, 4) is 11.1 Å². The zero-order valence-electron chi connectivity index (χ0n) is 19.9. The number of benzene rings is 3. The number of rotatable bonds is 6. The summed E-state index contributed by atoms with van der Waals surface area (Å²) in [4.78, 5) is 38.6. The molecule has 0 radical (unpaired) electrons. The largest absolute Gasteiger partial charge is 0.324 e. The van der Waals surface area contributed by atoms with Crippen molar-refractivity contribution in [2.75, 3.05) is 17.2 Å². The van der Waals surface area contributed by atoms with E-state index in [2.05, 4.69) is 10.6 Å². The van der Waals surface area contributed by atoms with Crippen LogP contribution in [-0.4, -0.2) is 43.6 Å². The maximum absolute atomic E-state index is 15.0. The Kier molecular flexibility index (Phi) is 7.37. The number of nitrogens with two attached hydrogens (primary N) is 1. The number of nitrogens with zero attached hydrogens (tertiary/aromatic N) is 1. The lowest BCUT2D eigenvalue weighted by Crippen LogP contribution is -2.45. The van der Waals surface area contributed by atoms with Crippen LogP contribution in [0.15, 0.2) is 71.6 Å². The number of hydrogen-bond acceptors (Lipinski definition) is 5. The monoisotopic (exact) mass is 524 g/mol. The Hall–Kier alpha value is -4.09. The van der Waals surface area contributed by atoms with Crippen LogP contribution < -0.4 is 15.8 Å². The molecule has 192 valence electrons. The van der Waals surface area contributed by atoms with Crippen LogP contribution in [0.3, 0.4) is 0 Å². The standard InChI is InChI=1S/C26H25FN4O5S/c1-16(32)17-6-4-7-18(14-17)30-26(34)31-13-5-9-23(31)25(33)29-19-11-12-20(22(27)15-19)21-8-2-3-10-24(21)37(28,35)36/h2-4,6-8,10-12,14-15,23H,5,9,13H2,1H3,(H,29,33)(H,30,34)(H2,28,35,36). The van der Waals surface area contributed by atoms with Gasteiger partial charge in [-0.15, -0.1) is 0 Å².